The summed E-state index contributed by atoms with van der Waals surface area (Å²) in [4.78, 5) is 12.0. The first-order valence-electron chi connectivity index (χ1n) is 12.4. The molecule has 2 saturated heterocycles. The van der Waals surface area contributed by atoms with E-state index in [1.54, 1.807) is 12.1 Å². The summed E-state index contributed by atoms with van der Waals surface area (Å²) in [5.74, 6) is 0.662. The van der Waals surface area contributed by atoms with Gasteiger partial charge in [-0.25, -0.2) is 9.37 Å². The van der Waals surface area contributed by atoms with E-state index in [0.29, 0.717) is 41.9 Å². The van der Waals surface area contributed by atoms with Crippen LogP contribution in [-0.4, -0.2) is 66.2 Å². The van der Waals surface area contributed by atoms with Gasteiger partial charge in [0.2, 0.25) is 0 Å². The Morgan fingerprint density at radius 2 is 1.88 bits per heavy atom. The maximum atomic E-state index is 14.2. The molecular weight excluding hydrogens is 474 g/mol. The summed E-state index contributed by atoms with van der Waals surface area (Å²) >= 11 is 12.5. The molecule has 1 aromatic heterocycles. The van der Waals surface area contributed by atoms with Crippen LogP contribution in [0.15, 0.2) is 30.5 Å². The fourth-order valence-corrected chi connectivity index (χ4v) is 5.68. The third kappa shape index (κ3) is 6.21. The van der Waals surface area contributed by atoms with Crippen LogP contribution in [0.25, 0.3) is 0 Å². The number of likely N-dealkylation sites (tertiary alicyclic amines) is 1. The Hall–Kier alpha value is -1.44. The number of ether oxygens (including phenoxy) is 1. The van der Waals surface area contributed by atoms with Crippen molar-refractivity contribution in [1.82, 2.24) is 14.8 Å². The number of benzene rings is 1. The topological polar surface area (TPSA) is 31.8 Å². The molecule has 0 unspecified atom stereocenters. The normalized spacial score (nSPS) is 20.7. The van der Waals surface area contributed by atoms with Gasteiger partial charge in [0.15, 0.2) is 0 Å². The first kappa shape index (κ1) is 25.6. The molecular formula is C26H35Cl2FN4O. The summed E-state index contributed by atoms with van der Waals surface area (Å²) < 4.78 is 19.7. The predicted molar refractivity (Wildman–Crippen MR) is 137 cm³/mol. The van der Waals surface area contributed by atoms with Gasteiger partial charge in [-0.3, -0.25) is 9.80 Å². The molecule has 0 aliphatic carbocycles. The van der Waals surface area contributed by atoms with Gasteiger partial charge in [-0.05, 0) is 63.0 Å². The fourth-order valence-electron chi connectivity index (χ4n) is 5.21. The molecule has 1 atom stereocenters. The minimum atomic E-state index is -0.213. The first-order valence-corrected chi connectivity index (χ1v) is 13.1. The highest BCUT2D eigenvalue weighted by molar-refractivity contribution is 6.33. The van der Waals surface area contributed by atoms with Gasteiger partial charge in [-0.15, -0.1) is 0 Å². The van der Waals surface area contributed by atoms with Crippen LogP contribution in [0.2, 0.25) is 10.0 Å². The number of hydrogen-bond donors (Lipinski definition) is 0. The Bertz CT molecular complexity index is 954. The molecule has 0 amide bonds. The molecule has 2 aliphatic rings. The van der Waals surface area contributed by atoms with Crippen LogP contribution < -0.4 is 4.90 Å². The summed E-state index contributed by atoms with van der Waals surface area (Å²) in [6.45, 7) is 10.9. The highest BCUT2D eigenvalue weighted by Gasteiger charge is 2.34. The largest absolute Gasteiger partial charge is 0.377 e. The molecule has 8 heteroatoms. The lowest BCUT2D eigenvalue weighted by Crippen LogP contribution is -2.58. The maximum absolute atomic E-state index is 14.2. The smallest absolute Gasteiger partial charge is 0.147 e. The summed E-state index contributed by atoms with van der Waals surface area (Å²) in [5.41, 5.74) is 1.73. The molecule has 2 aromatic rings. The second-order valence-electron chi connectivity index (χ2n) is 9.28. The van der Waals surface area contributed by atoms with Crippen molar-refractivity contribution >= 4 is 29.0 Å². The van der Waals surface area contributed by atoms with Gasteiger partial charge in [-0.1, -0.05) is 36.2 Å². The third-order valence-electron chi connectivity index (χ3n) is 7.09. The number of nitrogens with zero attached hydrogens (tertiary/aromatic N) is 4. The van der Waals surface area contributed by atoms with Crippen molar-refractivity contribution in [2.45, 2.75) is 58.3 Å². The number of aromatic nitrogens is 1. The molecule has 2 fully saturated rings. The van der Waals surface area contributed by atoms with E-state index in [1.807, 2.05) is 19.2 Å². The standard InChI is InChI=1S/C26H35Cl2FN4O/c1-3-22-17-32(26-24(28)13-19(15-30-26)18-34-4-2)11-12-33(22)23-7-9-31(10-8-23)16-20-5-6-21(27)14-25(20)29/h5-6,13-15,22-23H,3-4,7-12,16-18H2,1-2H3/t22-/m0/s1. The predicted octanol–water partition coefficient (Wildman–Crippen LogP) is 5.63. The van der Waals surface area contributed by atoms with E-state index in [1.165, 1.54) is 6.07 Å². The Labute approximate surface area is 212 Å². The molecule has 4 rings (SSSR count). The molecule has 186 valence electrons. The van der Waals surface area contributed by atoms with E-state index >= 15 is 0 Å². The Morgan fingerprint density at radius 3 is 2.56 bits per heavy atom. The van der Waals surface area contributed by atoms with Crippen molar-refractivity contribution in [1.29, 1.82) is 0 Å². The Balaban J connectivity index is 1.32. The number of piperazine rings is 1. The van der Waals surface area contributed by atoms with Crippen molar-refractivity contribution in [2.24, 2.45) is 0 Å². The molecule has 3 heterocycles. The van der Waals surface area contributed by atoms with Gasteiger partial charge >= 0.3 is 0 Å². The zero-order chi connectivity index (χ0) is 24.1. The number of rotatable bonds is 8. The first-order chi connectivity index (χ1) is 16.5. The molecule has 2 aliphatic heterocycles. The number of anilines is 1. The average Bonchev–Trinajstić information content (AvgIpc) is 2.84. The quantitative estimate of drug-likeness (QED) is 0.461. The van der Waals surface area contributed by atoms with E-state index in [4.69, 9.17) is 27.9 Å². The lowest BCUT2D eigenvalue weighted by Gasteiger charge is -2.47. The van der Waals surface area contributed by atoms with Gasteiger partial charge in [0, 0.05) is 61.7 Å². The van der Waals surface area contributed by atoms with Crippen LogP contribution in [0.5, 0.6) is 0 Å². The molecule has 0 N–H and O–H groups in total. The van der Waals surface area contributed by atoms with Crippen LogP contribution >= 0.6 is 23.2 Å². The SMILES string of the molecule is CCOCc1cnc(N2CCN(C3CCN(Cc4ccc(Cl)cc4F)CC3)[C@@H](CC)C2)c(Cl)c1. The molecule has 0 bridgehead atoms. The van der Waals surface area contributed by atoms with Crippen molar-refractivity contribution in [3.63, 3.8) is 0 Å². The zero-order valence-electron chi connectivity index (χ0n) is 20.2. The summed E-state index contributed by atoms with van der Waals surface area (Å²) in [6.07, 6.45) is 5.18. The molecule has 1 aromatic carbocycles. The Morgan fingerprint density at radius 1 is 1.09 bits per heavy atom. The van der Waals surface area contributed by atoms with Gasteiger partial charge in [0.1, 0.15) is 11.6 Å². The maximum Gasteiger partial charge on any atom is 0.147 e. The van der Waals surface area contributed by atoms with Crippen LogP contribution in [0, 0.1) is 5.82 Å². The minimum Gasteiger partial charge on any atom is -0.377 e. The minimum absolute atomic E-state index is 0.213. The second kappa shape index (κ2) is 12.0. The number of piperidine rings is 1. The highest BCUT2D eigenvalue weighted by atomic mass is 35.5. The van der Waals surface area contributed by atoms with E-state index in [9.17, 15) is 4.39 Å². The van der Waals surface area contributed by atoms with Gasteiger partial charge in [0.05, 0.1) is 11.6 Å². The van der Waals surface area contributed by atoms with Crippen molar-refractivity contribution in [2.75, 3.05) is 44.2 Å². The molecule has 0 saturated carbocycles. The van der Waals surface area contributed by atoms with Crippen molar-refractivity contribution in [3.05, 3.63) is 57.5 Å². The summed E-state index contributed by atoms with van der Waals surface area (Å²) in [5, 5.41) is 1.14. The van der Waals surface area contributed by atoms with E-state index in [-0.39, 0.29) is 5.82 Å². The number of hydrogen-bond acceptors (Lipinski definition) is 5. The third-order valence-corrected chi connectivity index (χ3v) is 7.60. The molecule has 5 nitrogen and oxygen atoms in total. The van der Waals surface area contributed by atoms with Crippen LogP contribution in [0.4, 0.5) is 10.2 Å². The van der Waals surface area contributed by atoms with E-state index in [2.05, 4.69) is 26.6 Å². The lowest BCUT2D eigenvalue weighted by atomic mass is 9.97. The highest BCUT2D eigenvalue weighted by Crippen LogP contribution is 2.30. The monoisotopic (exact) mass is 508 g/mol. The van der Waals surface area contributed by atoms with Crippen LogP contribution in [0.3, 0.4) is 0 Å². The van der Waals surface area contributed by atoms with Crippen LogP contribution in [-0.2, 0) is 17.9 Å². The summed E-state index contributed by atoms with van der Waals surface area (Å²) in [6, 6.07) is 7.99. The van der Waals surface area contributed by atoms with E-state index < -0.39 is 0 Å². The Kier molecular flexibility index (Phi) is 9.05. The average molecular weight is 509 g/mol. The number of halogens is 3. The van der Waals surface area contributed by atoms with Gasteiger partial charge < -0.3 is 9.64 Å². The zero-order valence-corrected chi connectivity index (χ0v) is 21.7. The number of pyridine rings is 1. The van der Waals surface area contributed by atoms with Crippen molar-refractivity contribution < 1.29 is 9.13 Å². The molecule has 34 heavy (non-hydrogen) atoms. The van der Waals surface area contributed by atoms with Gasteiger partial charge in [-0.2, -0.15) is 0 Å². The molecule has 0 radical (unpaired) electrons. The van der Waals surface area contributed by atoms with Crippen LogP contribution in [0.1, 0.15) is 44.2 Å². The lowest BCUT2D eigenvalue weighted by molar-refractivity contribution is 0.0607. The summed E-state index contributed by atoms with van der Waals surface area (Å²) in [7, 11) is 0. The van der Waals surface area contributed by atoms with E-state index in [0.717, 1.165) is 68.9 Å². The fraction of sp³-hybridized carbons (Fsp3) is 0.577. The van der Waals surface area contributed by atoms with Crippen molar-refractivity contribution in [3.8, 4) is 0 Å². The molecule has 0 spiro atoms. The second-order valence-corrected chi connectivity index (χ2v) is 10.1. The van der Waals surface area contributed by atoms with Gasteiger partial charge in [0.25, 0.3) is 0 Å².